The first-order chi connectivity index (χ1) is 10.5. The Morgan fingerprint density at radius 3 is 2.59 bits per heavy atom. The molecule has 0 bridgehead atoms. The van der Waals surface area contributed by atoms with E-state index in [1.807, 2.05) is 7.05 Å². The van der Waals surface area contributed by atoms with Gasteiger partial charge in [0.2, 0.25) is 15.9 Å². The molecule has 1 fully saturated rings. The first-order valence-electron chi connectivity index (χ1n) is 7.52. The first-order valence-corrected chi connectivity index (χ1v) is 8.96. The second-order valence-corrected chi connectivity index (χ2v) is 7.44. The summed E-state index contributed by atoms with van der Waals surface area (Å²) in [6.45, 7) is 3.71. The molecule has 1 aliphatic rings. The third-order valence-corrected chi connectivity index (χ3v) is 5.72. The van der Waals surface area contributed by atoms with Crippen molar-refractivity contribution in [1.29, 1.82) is 0 Å². The van der Waals surface area contributed by atoms with Gasteiger partial charge in [0, 0.05) is 25.2 Å². The van der Waals surface area contributed by atoms with Crippen LogP contribution in [-0.4, -0.2) is 45.3 Å². The maximum atomic E-state index is 12.6. The Morgan fingerprint density at radius 2 is 2.00 bits per heavy atom. The number of anilines is 1. The average Bonchev–Trinajstić information content (AvgIpc) is 2.97. The van der Waals surface area contributed by atoms with Crippen LogP contribution < -0.4 is 10.6 Å². The monoisotopic (exact) mass is 325 g/mol. The number of nitrogens with one attached hydrogen (secondary N) is 2. The van der Waals surface area contributed by atoms with Gasteiger partial charge in [-0.3, -0.25) is 4.79 Å². The molecule has 1 saturated heterocycles. The Bertz CT molecular complexity index is 613. The smallest absolute Gasteiger partial charge is 0.243 e. The fraction of sp³-hybridized carbons (Fsp3) is 0.533. The molecule has 2 N–H and O–H groups in total. The Labute approximate surface area is 131 Å². The van der Waals surface area contributed by atoms with Crippen LogP contribution in [0.2, 0.25) is 0 Å². The van der Waals surface area contributed by atoms with E-state index in [1.54, 1.807) is 31.2 Å². The number of amides is 1. The van der Waals surface area contributed by atoms with Crippen molar-refractivity contribution in [2.45, 2.75) is 24.7 Å². The van der Waals surface area contributed by atoms with Crippen LogP contribution in [-0.2, 0) is 14.8 Å². The van der Waals surface area contributed by atoms with Crippen molar-refractivity contribution < 1.29 is 13.2 Å². The molecule has 0 aromatic heterocycles. The summed E-state index contributed by atoms with van der Waals surface area (Å²) in [6, 6.07) is 6.35. The zero-order valence-electron chi connectivity index (χ0n) is 13.0. The average molecular weight is 325 g/mol. The van der Waals surface area contributed by atoms with Crippen molar-refractivity contribution in [1.82, 2.24) is 9.62 Å². The molecule has 122 valence electrons. The van der Waals surface area contributed by atoms with Crippen LogP contribution in [0.3, 0.4) is 0 Å². The molecular formula is C15H23N3O3S. The quantitative estimate of drug-likeness (QED) is 0.825. The molecule has 0 aliphatic carbocycles. The first kappa shape index (κ1) is 16.9. The predicted molar refractivity (Wildman–Crippen MR) is 86.2 cm³/mol. The molecule has 1 amide bonds. The van der Waals surface area contributed by atoms with Crippen molar-refractivity contribution in [3.8, 4) is 0 Å². The highest BCUT2D eigenvalue weighted by Crippen LogP contribution is 2.24. The van der Waals surface area contributed by atoms with Crippen LogP contribution in [0, 0.1) is 5.92 Å². The largest absolute Gasteiger partial charge is 0.326 e. The van der Waals surface area contributed by atoms with Crippen molar-refractivity contribution >= 4 is 21.6 Å². The van der Waals surface area contributed by atoms with E-state index < -0.39 is 10.0 Å². The molecule has 1 atom stereocenters. The van der Waals surface area contributed by atoms with E-state index in [0.717, 1.165) is 13.0 Å². The minimum absolute atomic E-state index is 0.0925. The molecule has 1 aromatic rings. The van der Waals surface area contributed by atoms with Gasteiger partial charge in [0.1, 0.15) is 0 Å². The van der Waals surface area contributed by atoms with E-state index in [-0.39, 0.29) is 10.8 Å². The molecule has 0 radical (unpaired) electrons. The lowest BCUT2D eigenvalue weighted by Crippen LogP contribution is -2.30. The van der Waals surface area contributed by atoms with Gasteiger partial charge in [-0.1, -0.05) is 6.92 Å². The highest BCUT2D eigenvalue weighted by atomic mass is 32.2. The molecule has 1 aliphatic heterocycles. The molecule has 0 spiro atoms. The third-order valence-electron chi connectivity index (χ3n) is 3.84. The number of carbonyl (C=O) groups is 1. The van der Waals surface area contributed by atoms with E-state index in [0.29, 0.717) is 31.1 Å². The van der Waals surface area contributed by atoms with Crippen LogP contribution in [0.5, 0.6) is 0 Å². The number of rotatable bonds is 6. The Kier molecular flexibility index (Phi) is 5.55. The second-order valence-electron chi connectivity index (χ2n) is 5.50. The lowest BCUT2D eigenvalue weighted by Gasteiger charge is -2.17. The zero-order chi connectivity index (χ0) is 16.2. The highest BCUT2D eigenvalue weighted by Gasteiger charge is 2.32. The van der Waals surface area contributed by atoms with Crippen molar-refractivity contribution in [2.75, 3.05) is 32.0 Å². The van der Waals surface area contributed by atoms with Crippen molar-refractivity contribution in [2.24, 2.45) is 5.92 Å². The number of sulfonamides is 1. The number of hydrogen-bond acceptors (Lipinski definition) is 4. The number of nitrogens with zero attached hydrogens (tertiary/aromatic N) is 1. The van der Waals surface area contributed by atoms with Gasteiger partial charge in [-0.15, -0.1) is 0 Å². The second kappa shape index (κ2) is 7.21. The number of benzene rings is 1. The SMILES string of the molecule is CCC(=O)Nc1ccc(S(=O)(=O)N2CCC(CNC)C2)cc1. The summed E-state index contributed by atoms with van der Waals surface area (Å²) in [5.74, 6) is 0.271. The van der Waals surface area contributed by atoms with Crippen LogP contribution in [0.25, 0.3) is 0 Å². The molecule has 22 heavy (non-hydrogen) atoms. The van der Waals surface area contributed by atoms with E-state index >= 15 is 0 Å². The summed E-state index contributed by atoms with van der Waals surface area (Å²) in [5.41, 5.74) is 0.611. The van der Waals surface area contributed by atoms with E-state index in [2.05, 4.69) is 10.6 Å². The molecule has 1 unspecified atom stereocenters. The van der Waals surface area contributed by atoms with Gasteiger partial charge in [-0.25, -0.2) is 8.42 Å². The Hall–Kier alpha value is -1.44. The predicted octanol–water partition coefficient (Wildman–Crippen LogP) is 1.27. The van der Waals surface area contributed by atoms with Gasteiger partial charge in [0.15, 0.2) is 0 Å². The standard InChI is InChI=1S/C15H23N3O3S/c1-3-15(19)17-13-4-6-14(7-5-13)22(20,21)18-9-8-12(11-18)10-16-2/h4-7,12,16H,3,8-11H2,1-2H3,(H,17,19). The molecular weight excluding hydrogens is 302 g/mol. The van der Waals surface area contributed by atoms with Crippen LogP contribution in [0.4, 0.5) is 5.69 Å². The highest BCUT2D eigenvalue weighted by molar-refractivity contribution is 7.89. The summed E-state index contributed by atoms with van der Waals surface area (Å²) >= 11 is 0. The maximum absolute atomic E-state index is 12.6. The van der Waals surface area contributed by atoms with E-state index in [1.165, 1.54) is 4.31 Å². The minimum atomic E-state index is -3.45. The molecule has 6 nitrogen and oxygen atoms in total. The summed E-state index contributed by atoms with van der Waals surface area (Å²) in [7, 11) is -1.57. The third kappa shape index (κ3) is 3.85. The van der Waals surface area contributed by atoms with Gasteiger partial charge in [0.05, 0.1) is 4.90 Å². The van der Waals surface area contributed by atoms with Gasteiger partial charge >= 0.3 is 0 Å². The molecule has 1 heterocycles. The number of hydrogen-bond donors (Lipinski definition) is 2. The maximum Gasteiger partial charge on any atom is 0.243 e. The normalized spacial score (nSPS) is 19.3. The summed E-state index contributed by atoms with van der Waals surface area (Å²) in [4.78, 5) is 11.6. The summed E-state index contributed by atoms with van der Waals surface area (Å²) in [5, 5.41) is 5.80. The Balaban J connectivity index is 2.08. The topological polar surface area (TPSA) is 78.5 Å². The Morgan fingerprint density at radius 1 is 1.32 bits per heavy atom. The van der Waals surface area contributed by atoms with Gasteiger partial charge in [-0.05, 0) is 50.2 Å². The van der Waals surface area contributed by atoms with Gasteiger partial charge < -0.3 is 10.6 Å². The van der Waals surface area contributed by atoms with Crippen molar-refractivity contribution in [3.05, 3.63) is 24.3 Å². The van der Waals surface area contributed by atoms with Crippen LogP contribution >= 0.6 is 0 Å². The fourth-order valence-electron chi connectivity index (χ4n) is 2.58. The lowest BCUT2D eigenvalue weighted by molar-refractivity contribution is -0.115. The van der Waals surface area contributed by atoms with Gasteiger partial charge in [-0.2, -0.15) is 4.31 Å². The molecule has 1 aromatic carbocycles. The molecule has 0 saturated carbocycles. The zero-order valence-corrected chi connectivity index (χ0v) is 13.8. The fourth-order valence-corrected chi connectivity index (χ4v) is 4.11. The summed E-state index contributed by atoms with van der Waals surface area (Å²) in [6.07, 6.45) is 1.27. The number of carbonyl (C=O) groups excluding carboxylic acids is 1. The van der Waals surface area contributed by atoms with Crippen LogP contribution in [0.1, 0.15) is 19.8 Å². The lowest BCUT2D eigenvalue weighted by atomic mass is 10.1. The molecule has 7 heteroatoms. The summed E-state index contributed by atoms with van der Waals surface area (Å²) < 4.78 is 26.7. The van der Waals surface area contributed by atoms with Crippen molar-refractivity contribution in [3.63, 3.8) is 0 Å². The van der Waals surface area contributed by atoms with Crippen LogP contribution in [0.15, 0.2) is 29.2 Å². The van der Waals surface area contributed by atoms with E-state index in [9.17, 15) is 13.2 Å². The van der Waals surface area contributed by atoms with Gasteiger partial charge in [0.25, 0.3) is 0 Å². The minimum Gasteiger partial charge on any atom is -0.326 e. The molecule has 2 rings (SSSR count). The van der Waals surface area contributed by atoms with E-state index in [4.69, 9.17) is 0 Å².